The van der Waals surface area contributed by atoms with Gasteiger partial charge in [-0.2, -0.15) is 0 Å². The smallest absolute Gasteiger partial charge is 0.0964 e. The Morgan fingerprint density at radius 3 is 3.17 bits per heavy atom. The lowest BCUT2D eigenvalue weighted by molar-refractivity contribution is 0.544. The van der Waals surface area contributed by atoms with Crippen molar-refractivity contribution >= 4 is 0 Å². The minimum absolute atomic E-state index is 0.810. The van der Waals surface area contributed by atoms with Crippen LogP contribution in [0.4, 0.5) is 0 Å². The van der Waals surface area contributed by atoms with Crippen LogP contribution in [0.25, 0.3) is 0 Å². The third-order valence-electron chi connectivity index (χ3n) is 2.09. The van der Waals surface area contributed by atoms with E-state index in [4.69, 9.17) is 0 Å². The van der Waals surface area contributed by atoms with Gasteiger partial charge in [0.2, 0.25) is 0 Å². The van der Waals surface area contributed by atoms with Gasteiger partial charge in [-0.15, -0.1) is 5.10 Å². The van der Waals surface area contributed by atoms with Crippen LogP contribution in [0.1, 0.15) is 18.5 Å². The van der Waals surface area contributed by atoms with Gasteiger partial charge in [0.25, 0.3) is 0 Å². The number of nitrogens with zero attached hydrogens (tertiary/aromatic N) is 3. The molecule has 0 amide bonds. The summed E-state index contributed by atoms with van der Waals surface area (Å²) in [5, 5.41) is 11.1. The number of hydrogen-bond acceptors (Lipinski definition) is 3. The van der Waals surface area contributed by atoms with Gasteiger partial charge >= 0.3 is 0 Å². The van der Waals surface area contributed by atoms with Crippen molar-refractivity contribution in [3.05, 3.63) is 11.9 Å². The van der Waals surface area contributed by atoms with E-state index < -0.39 is 0 Å². The van der Waals surface area contributed by atoms with Crippen molar-refractivity contribution in [1.29, 1.82) is 0 Å². The van der Waals surface area contributed by atoms with Gasteiger partial charge in [0.1, 0.15) is 0 Å². The van der Waals surface area contributed by atoms with E-state index in [-0.39, 0.29) is 0 Å². The maximum atomic E-state index is 4.04. The van der Waals surface area contributed by atoms with E-state index in [1.165, 1.54) is 12.8 Å². The fourth-order valence-corrected chi connectivity index (χ4v) is 1.25. The summed E-state index contributed by atoms with van der Waals surface area (Å²) in [7, 11) is 1.92. The summed E-state index contributed by atoms with van der Waals surface area (Å²) in [6.07, 6.45) is 4.75. The Bertz CT molecular complexity index is 251. The number of rotatable bonds is 4. The van der Waals surface area contributed by atoms with Gasteiger partial charge in [-0.25, -0.2) is 0 Å². The molecule has 0 spiro atoms. The van der Waals surface area contributed by atoms with Crippen LogP contribution in [-0.2, 0) is 13.1 Å². The van der Waals surface area contributed by atoms with E-state index in [9.17, 15) is 0 Å². The average Bonchev–Trinajstić information content (AvgIpc) is 2.74. The highest BCUT2D eigenvalue weighted by atomic mass is 15.4. The molecule has 0 saturated heterocycles. The Labute approximate surface area is 72.0 Å². The first-order valence-corrected chi connectivity index (χ1v) is 4.42. The molecule has 0 atom stereocenters. The fraction of sp³-hybridized carbons (Fsp3) is 0.750. The third-order valence-corrected chi connectivity index (χ3v) is 2.09. The minimum atomic E-state index is 0.810. The monoisotopic (exact) mass is 166 g/mol. The predicted molar refractivity (Wildman–Crippen MR) is 45.5 cm³/mol. The number of nitrogens with one attached hydrogen (secondary N) is 1. The second kappa shape index (κ2) is 3.23. The largest absolute Gasteiger partial charge is 0.314 e. The standard InChI is InChI=1S/C8H14N4/c1-9-4-8-6-12(11-10-8)5-7-2-3-7/h6-7,9H,2-5H2,1H3. The number of hydrogen-bond donors (Lipinski definition) is 1. The molecular formula is C8H14N4. The molecule has 4 nitrogen and oxygen atoms in total. The normalized spacial score (nSPS) is 16.8. The van der Waals surface area contributed by atoms with E-state index >= 15 is 0 Å². The molecule has 1 fully saturated rings. The summed E-state index contributed by atoms with van der Waals surface area (Å²) < 4.78 is 1.95. The zero-order chi connectivity index (χ0) is 8.39. The summed E-state index contributed by atoms with van der Waals surface area (Å²) in [5.41, 5.74) is 1.03. The molecule has 1 aliphatic carbocycles. The van der Waals surface area contributed by atoms with Crippen molar-refractivity contribution in [3.63, 3.8) is 0 Å². The Balaban J connectivity index is 1.92. The summed E-state index contributed by atoms with van der Waals surface area (Å²) in [4.78, 5) is 0. The Hall–Kier alpha value is -0.900. The van der Waals surface area contributed by atoms with Gasteiger partial charge in [-0.1, -0.05) is 5.21 Å². The molecule has 0 aromatic carbocycles. The first kappa shape index (κ1) is 7.73. The van der Waals surface area contributed by atoms with Crippen molar-refractivity contribution in [2.75, 3.05) is 7.05 Å². The highest BCUT2D eigenvalue weighted by molar-refractivity contribution is 4.91. The topological polar surface area (TPSA) is 42.7 Å². The van der Waals surface area contributed by atoms with Crippen molar-refractivity contribution in [1.82, 2.24) is 20.3 Å². The Morgan fingerprint density at radius 2 is 2.50 bits per heavy atom. The second-order valence-corrected chi connectivity index (χ2v) is 3.41. The van der Waals surface area contributed by atoms with Crippen LogP contribution >= 0.6 is 0 Å². The van der Waals surface area contributed by atoms with Gasteiger partial charge in [0.05, 0.1) is 5.69 Å². The molecule has 66 valence electrons. The van der Waals surface area contributed by atoms with Gasteiger partial charge < -0.3 is 5.32 Å². The summed E-state index contributed by atoms with van der Waals surface area (Å²) in [6.45, 7) is 1.86. The molecule has 1 aliphatic rings. The van der Waals surface area contributed by atoms with Crippen LogP contribution in [0.5, 0.6) is 0 Å². The summed E-state index contributed by atoms with van der Waals surface area (Å²) >= 11 is 0. The van der Waals surface area contributed by atoms with Crippen LogP contribution in [0, 0.1) is 5.92 Å². The molecule has 0 aliphatic heterocycles. The van der Waals surface area contributed by atoms with E-state index in [0.717, 1.165) is 24.7 Å². The molecule has 1 heterocycles. The first-order valence-electron chi connectivity index (χ1n) is 4.42. The SMILES string of the molecule is CNCc1cn(CC2CC2)nn1. The van der Waals surface area contributed by atoms with Gasteiger partial charge in [0.15, 0.2) is 0 Å². The van der Waals surface area contributed by atoms with Crippen LogP contribution < -0.4 is 5.32 Å². The van der Waals surface area contributed by atoms with E-state index in [2.05, 4.69) is 15.6 Å². The third kappa shape index (κ3) is 1.82. The zero-order valence-corrected chi connectivity index (χ0v) is 7.32. The molecule has 1 N–H and O–H groups in total. The maximum Gasteiger partial charge on any atom is 0.0964 e. The van der Waals surface area contributed by atoms with Gasteiger partial charge in [0, 0.05) is 19.3 Å². The van der Waals surface area contributed by atoms with Gasteiger partial charge in [-0.3, -0.25) is 4.68 Å². The lowest BCUT2D eigenvalue weighted by Gasteiger charge is -1.94. The molecule has 2 rings (SSSR count). The number of aromatic nitrogens is 3. The highest BCUT2D eigenvalue weighted by Crippen LogP contribution is 2.30. The summed E-state index contributed by atoms with van der Waals surface area (Å²) in [5.74, 6) is 0.870. The lowest BCUT2D eigenvalue weighted by atomic mass is 10.4. The first-order chi connectivity index (χ1) is 5.88. The predicted octanol–water partition coefficient (Wildman–Crippen LogP) is 0.407. The van der Waals surface area contributed by atoms with Crippen LogP contribution in [0.3, 0.4) is 0 Å². The maximum absolute atomic E-state index is 4.04. The van der Waals surface area contributed by atoms with Crippen molar-refractivity contribution < 1.29 is 0 Å². The summed E-state index contributed by atoms with van der Waals surface area (Å²) in [6, 6.07) is 0. The Morgan fingerprint density at radius 1 is 1.67 bits per heavy atom. The molecule has 1 aromatic heterocycles. The molecule has 0 radical (unpaired) electrons. The van der Waals surface area contributed by atoms with Crippen LogP contribution in [0.15, 0.2) is 6.20 Å². The van der Waals surface area contributed by atoms with Gasteiger partial charge in [-0.05, 0) is 25.8 Å². The van der Waals surface area contributed by atoms with Crippen LogP contribution in [-0.4, -0.2) is 22.0 Å². The Kier molecular flexibility index (Phi) is 2.08. The van der Waals surface area contributed by atoms with Crippen molar-refractivity contribution in [2.45, 2.75) is 25.9 Å². The second-order valence-electron chi connectivity index (χ2n) is 3.41. The van der Waals surface area contributed by atoms with E-state index in [1.54, 1.807) is 0 Å². The molecular weight excluding hydrogens is 152 g/mol. The molecule has 0 unspecified atom stereocenters. The molecule has 1 aromatic rings. The van der Waals surface area contributed by atoms with E-state index in [1.807, 2.05) is 17.9 Å². The average molecular weight is 166 g/mol. The molecule has 1 saturated carbocycles. The zero-order valence-electron chi connectivity index (χ0n) is 7.32. The molecule has 0 bridgehead atoms. The van der Waals surface area contributed by atoms with E-state index in [0.29, 0.717) is 0 Å². The quantitative estimate of drug-likeness (QED) is 0.704. The van der Waals surface area contributed by atoms with Crippen LogP contribution in [0.2, 0.25) is 0 Å². The van der Waals surface area contributed by atoms with Crippen molar-refractivity contribution in [2.24, 2.45) is 5.92 Å². The highest BCUT2D eigenvalue weighted by Gasteiger charge is 2.22. The molecule has 12 heavy (non-hydrogen) atoms. The van der Waals surface area contributed by atoms with Crippen molar-refractivity contribution in [3.8, 4) is 0 Å². The molecule has 4 heteroatoms. The minimum Gasteiger partial charge on any atom is -0.314 e. The fourth-order valence-electron chi connectivity index (χ4n) is 1.25. The lowest BCUT2D eigenvalue weighted by Crippen LogP contribution is -2.05.